The summed E-state index contributed by atoms with van der Waals surface area (Å²) in [7, 11) is 1.47. The number of nitrogens with two attached hydrogens (primary N) is 1. The van der Waals surface area contributed by atoms with Crippen LogP contribution in [-0.4, -0.2) is 32.3 Å². The van der Waals surface area contributed by atoms with Gasteiger partial charge in [-0.1, -0.05) is 24.3 Å². The van der Waals surface area contributed by atoms with Crippen LogP contribution in [0.1, 0.15) is 11.1 Å². The smallest absolute Gasteiger partial charge is 0.414 e. The number of hydrogen-bond donors (Lipinski definition) is 2. The SMILES string of the molecule is COc1cc(NC(=O)Cc2cccc(Oc3cccc(CN)c3)c2F)ccc1N1CCOC1=O. The quantitative estimate of drug-likeness (QED) is 0.516. The molecule has 1 aliphatic heterocycles. The molecule has 3 N–H and O–H groups in total. The fourth-order valence-electron chi connectivity index (χ4n) is 3.60. The molecule has 0 spiro atoms. The Morgan fingerprint density at radius 3 is 2.71 bits per heavy atom. The summed E-state index contributed by atoms with van der Waals surface area (Å²) in [6.07, 6.45) is -0.656. The maximum absolute atomic E-state index is 15.0. The number of ether oxygens (including phenoxy) is 3. The van der Waals surface area contributed by atoms with Gasteiger partial charge in [-0.2, -0.15) is 0 Å². The van der Waals surface area contributed by atoms with Crippen molar-refractivity contribution in [2.75, 3.05) is 30.5 Å². The minimum Gasteiger partial charge on any atom is -0.494 e. The summed E-state index contributed by atoms with van der Waals surface area (Å²) >= 11 is 0. The fraction of sp³-hybridized carbons (Fsp3) is 0.200. The molecular formula is C25H24FN3O5. The lowest BCUT2D eigenvalue weighted by Crippen LogP contribution is -2.24. The standard InChI is InChI=1S/C25H24FN3O5/c1-32-22-14-18(8-9-20(22)29-10-11-33-25(29)31)28-23(30)13-17-5-3-7-21(24(17)26)34-19-6-2-4-16(12-19)15-27/h2-9,12,14H,10-11,13,15,27H2,1H3,(H,28,30). The monoisotopic (exact) mass is 465 g/mol. The van der Waals surface area contributed by atoms with Crippen LogP contribution in [0.3, 0.4) is 0 Å². The van der Waals surface area contributed by atoms with Crippen molar-refractivity contribution in [2.24, 2.45) is 5.73 Å². The third kappa shape index (κ3) is 5.10. The molecule has 0 atom stereocenters. The Kier molecular flexibility index (Phi) is 6.93. The molecule has 9 heteroatoms. The second-order valence-corrected chi connectivity index (χ2v) is 7.56. The number of hydrogen-bond acceptors (Lipinski definition) is 6. The first kappa shape index (κ1) is 23.1. The van der Waals surface area contributed by atoms with E-state index >= 15 is 4.39 Å². The van der Waals surface area contributed by atoms with Crippen molar-refractivity contribution in [3.63, 3.8) is 0 Å². The molecule has 34 heavy (non-hydrogen) atoms. The van der Waals surface area contributed by atoms with Crippen molar-refractivity contribution in [2.45, 2.75) is 13.0 Å². The molecule has 8 nitrogen and oxygen atoms in total. The van der Waals surface area contributed by atoms with Crippen molar-refractivity contribution in [1.29, 1.82) is 0 Å². The molecule has 1 saturated heterocycles. The van der Waals surface area contributed by atoms with Crippen LogP contribution in [0.5, 0.6) is 17.2 Å². The zero-order chi connectivity index (χ0) is 24.1. The molecule has 4 rings (SSSR count). The van der Waals surface area contributed by atoms with Gasteiger partial charge in [-0.05, 0) is 35.9 Å². The predicted octanol–water partition coefficient (Wildman–Crippen LogP) is 4.22. The third-order valence-corrected chi connectivity index (χ3v) is 5.27. The number of anilines is 2. The summed E-state index contributed by atoms with van der Waals surface area (Å²) in [5, 5.41) is 2.73. The first-order valence-corrected chi connectivity index (χ1v) is 10.6. The largest absolute Gasteiger partial charge is 0.494 e. The van der Waals surface area contributed by atoms with Crippen LogP contribution in [0.25, 0.3) is 0 Å². The average molecular weight is 465 g/mol. The van der Waals surface area contributed by atoms with Gasteiger partial charge >= 0.3 is 6.09 Å². The van der Waals surface area contributed by atoms with Crippen LogP contribution in [0.15, 0.2) is 60.7 Å². The first-order valence-electron chi connectivity index (χ1n) is 10.6. The molecule has 3 aromatic rings. The Labute approximate surface area is 196 Å². The van der Waals surface area contributed by atoms with Gasteiger partial charge in [0.25, 0.3) is 0 Å². The summed E-state index contributed by atoms with van der Waals surface area (Å²) in [6.45, 7) is 1.05. The summed E-state index contributed by atoms with van der Waals surface area (Å²) in [5.74, 6) is -0.161. The van der Waals surface area contributed by atoms with Crippen LogP contribution in [0, 0.1) is 5.82 Å². The molecule has 0 saturated carbocycles. The average Bonchev–Trinajstić information content (AvgIpc) is 3.27. The summed E-state index contributed by atoms with van der Waals surface area (Å²) in [4.78, 5) is 25.9. The number of halogens is 1. The Balaban J connectivity index is 1.46. The van der Waals surface area contributed by atoms with E-state index in [1.54, 1.807) is 42.5 Å². The number of nitrogens with zero attached hydrogens (tertiary/aromatic N) is 1. The Morgan fingerprint density at radius 1 is 1.15 bits per heavy atom. The highest BCUT2D eigenvalue weighted by atomic mass is 19.1. The zero-order valence-electron chi connectivity index (χ0n) is 18.5. The number of carbonyl (C=O) groups is 2. The predicted molar refractivity (Wildman–Crippen MR) is 125 cm³/mol. The molecule has 0 unspecified atom stereocenters. The number of cyclic esters (lactones) is 1. The molecule has 0 bridgehead atoms. The lowest BCUT2D eigenvalue weighted by atomic mass is 10.1. The molecular weight excluding hydrogens is 441 g/mol. The lowest BCUT2D eigenvalue weighted by molar-refractivity contribution is -0.115. The molecule has 1 aliphatic rings. The highest BCUT2D eigenvalue weighted by molar-refractivity contribution is 5.95. The minimum atomic E-state index is -0.615. The van der Waals surface area contributed by atoms with E-state index in [0.29, 0.717) is 42.6 Å². The van der Waals surface area contributed by atoms with Gasteiger partial charge in [-0.15, -0.1) is 0 Å². The number of carbonyl (C=O) groups excluding carboxylic acids is 2. The van der Waals surface area contributed by atoms with E-state index in [0.717, 1.165) is 5.56 Å². The molecule has 0 aromatic heterocycles. The van der Waals surface area contributed by atoms with E-state index in [1.165, 1.54) is 24.1 Å². The molecule has 1 heterocycles. The molecule has 2 amide bonds. The van der Waals surface area contributed by atoms with Crippen molar-refractivity contribution in [3.8, 4) is 17.2 Å². The normalized spacial score (nSPS) is 12.9. The first-order chi connectivity index (χ1) is 16.5. The number of methoxy groups -OCH3 is 1. The summed E-state index contributed by atoms with van der Waals surface area (Å²) in [5.41, 5.74) is 7.68. The van der Waals surface area contributed by atoms with Crippen molar-refractivity contribution < 1.29 is 28.2 Å². The molecule has 1 fully saturated rings. The third-order valence-electron chi connectivity index (χ3n) is 5.27. The van der Waals surface area contributed by atoms with Gasteiger partial charge in [0.2, 0.25) is 5.91 Å². The van der Waals surface area contributed by atoms with Crippen LogP contribution in [-0.2, 0) is 22.5 Å². The summed E-state index contributed by atoms with van der Waals surface area (Å²) in [6, 6.07) is 16.6. The highest BCUT2D eigenvalue weighted by Crippen LogP contribution is 2.33. The van der Waals surface area contributed by atoms with E-state index < -0.39 is 17.8 Å². The van der Waals surface area contributed by atoms with Crippen LogP contribution < -0.4 is 25.4 Å². The fourth-order valence-corrected chi connectivity index (χ4v) is 3.60. The second kappa shape index (κ2) is 10.2. The van der Waals surface area contributed by atoms with Gasteiger partial charge < -0.3 is 25.3 Å². The van der Waals surface area contributed by atoms with Crippen LogP contribution >= 0.6 is 0 Å². The van der Waals surface area contributed by atoms with Gasteiger partial charge in [-0.3, -0.25) is 9.69 Å². The molecule has 3 aromatic carbocycles. The van der Waals surface area contributed by atoms with Crippen LogP contribution in [0.4, 0.5) is 20.6 Å². The number of benzene rings is 3. The highest BCUT2D eigenvalue weighted by Gasteiger charge is 2.26. The number of nitrogens with one attached hydrogen (secondary N) is 1. The number of rotatable bonds is 8. The van der Waals surface area contributed by atoms with Gasteiger partial charge in [0.1, 0.15) is 18.1 Å². The Bertz CT molecular complexity index is 1220. The number of amides is 2. The Hall–Kier alpha value is -4.11. The Morgan fingerprint density at radius 2 is 1.97 bits per heavy atom. The maximum Gasteiger partial charge on any atom is 0.414 e. The topological polar surface area (TPSA) is 103 Å². The van der Waals surface area contributed by atoms with Crippen LogP contribution in [0.2, 0.25) is 0 Å². The van der Waals surface area contributed by atoms with E-state index in [9.17, 15) is 9.59 Å². The van der Waals surface area contributed by atoms with E-state index in [4.69, 9.17) is 19.9 Å². The minimum absolute atomic E-state index is 0.0167. The van der Waals surface area contributed by atoms with Crippen molar-refractivity contribution in [3.05, 3.63) is 77.6 Å². The molecule has 0 radical (unpaired) electrons. The van der Waals surface area contributed by atoms with Gasteiger partial charge in [0, 0.05) is 23.9 Å². The maximum atomic E-state index is 15.0. The lowest BCUT2D eigenvalue weighted by Gasteiger charge is -2.17. The molecule has 0 aliphatic carbocycles. The van der Waals surface area contributed by atoms with Gasteiger partial charge in [0.05, 0.1) is 25.8 Å². The second-order valence-electron chi connectivity index (χ2n) is 7.56. The zero-order valence-corrected chi connectivity index (χ0v) is 18.5. The van der Waals surface area contributed by atoms with E-state index in [1.807, 2.05) is 6.07 Å². The van der Waals surface area contributed by atoms with Crippen molar-refractivity contribution in [1.82, 2.24) is 0 Å². The van der Waals surface area contributed by atoms with Gasteiger partial charge in [0.15, 0.2) is 11.6 Å². The van der Waals surface area contributed by atoms with E-state index in [-0.39, 0.29) is 17.7 Å². The molecule has 176 valence electrons. The van der Waals surface area contributed by atoms with E-state index in [2.05, 4.69) is 5.32 Å². The van der Waals surface area contributed by atoms with Gasteiger partial charge in [-0.25, -0.2) is 9.18 Å². The summed E-state index contributed by atoms with van der Waals surface area (Å²) < 4.78 is 31.0. The van der Waals surface area contributed by atoms with Crippen molar-refractivity contribution >= 4 is 23.4 Å².